The van der Waals surface area contributed by atoms with Crippen molar-refractivity contribution < 1.29 is 28.5 Å². The highest BCUT2D eigenvalue weighted by Gasteiger charge is 2.33. The van der Waals surface area contributed by atoms with Crippen molar-refractivity contribution in [2.75, 3.05) is 46.1 Å². The number of likely N-dealkylation sites (tertiary alicyclic amines) is 1. The number of piperazine rings is 1. The zero-order valence-corrected chi connectivity index (χ0v) is 18.3. The first-order valence-electron chi connectivity index (χ1n) is 11.5. The lowest BCUT2D eigenvalue weighted by Crippen LogP contribution is -3.13. The fourth-order valence-corrected chi connectivity index (χ4v) is 5.09. The van der Waals surface area contributed by atoms with Crippen LogP contribution in [0.1, 0.15) is 29.9 Å². The Morgan fingerprint density at radius 1 is 0.968 bits per heavy atom. The molecule has 7 heteroatoms. The number of furan rings is 1. The maximum atomic E-state index is 13.1. The van der Waals surface area contributed by atoms with E-state index in [1.807, 2.05) is 19.1 Å². The average molecular weight is 428 g/mol. The van der Waals surface area contributed by atoms with Gasteiger partial charge < -0.3 is 28.6 Å². The van der Waals surface area contributed by atoms with Gasteiger partial charge in [0.15, 0.2) is 17.3 Å². The Kier molecular flexibility index (Phi) is 5.87. The zero-order chi connectivity index (χ0) is 21.2. The van der Waals surface area contributed by atoms with Gasteiger partial charge in [0.1, 0.15) is 18.8 Å². The fraction of sp³-hybridized carbons (Fsp3) is 0.542. The third-order valence-electron chi connectivity index (χ3n) is 6.94. The van der Waals surface area contributed by atoms with Crippen LogP contribution in [-0.2, 0) is 17.9 Å². The van der Waals surface area contributed by atoms with Gasteiger partial charge in [-0.3, -0.25) is 4.79 Å². The van der Waals surface area contributed by atoms with E-state index in [1.54, 1.807) is 0 Å². The Morgan fingerprint density at radius 2 is 1.71 bits per heavy atom. The van der Waals surface area contributed by atoms with Crippen LogP contribution in [0, 0.1) is 12.8 Å². The minimum absolute atomic E-state index is 0.192. The number of carbonyl (C=O) groups is 1. The van der Waals surface area contributed by atoms with Gasteiger partial charge in [-0.1, -0.05) is 0 Å². The molecule has 2 saturated heterocycles. The SMILES string of the molecule is Cc1ccc(C[NH+]2CCC(C(=O)N3CC[NH+](Cc4ccc5c(c4)OCO5)CC3)CC2)o1. The molecule has 1 amide bonds. The number of aryl methyl sites for hydroxylation is 1. The molecule has 5 rings (SSSR count). The first kappa shape index (κ1) is 20.4. The summed E-state index contributed by atoms with van der Waals surface area (Å²) in [5.74, 6) is 4.27. The van der Waals surface area contributed by atoms with Crippen LogP contribution in [0.5, 0.6) is 11.5 Å². The van der Waals surface area contributed by atoms with Crippen LogP contribution in [0.4, 0.5) is 0 Å². The Bertz CT molecular complexity index is 911. The molecular formula is C24H33N3O4+2. The van der Waals surface area contributed by atoms with Gasteiger partial charge in [-0.05, 0) is 37.3 Å². The summed E-state index contributed by atoms with van der Waals surface area (Å²) in [7, 11) is 0. The third kappa shape index (κ3) is 4.72. The number of quaternary nitrogens is 2. The van der Waals surface area contributed by atoms with E-state index in [2.05, 4.69) is 23.1 Å². The lowest BCUT2D eigenvalue weighted by atomic mass is 9.95. The summed E-state index contributed by atoms with van der Waals surface area (Å²) in [5, 5.41) is 0. The van der Waals surface area contributed by atoms with Crippen LogP contribution in [0.15, 0.2) is 34.7 Å². The van der Waals surface area contributed by atoms with E-state index >= 15 is 0 Å². The van der Waals surface area contributed by atoms with Gasteiger partial charge in [-0.15, -0.1) is 0 Å². The molecule has 0 radical (unpaired) electrons. The molecule has 3 aliphatic heterocycles. The number of nitrogens with one attached hydrogen (secondary N) is 2. The minimum atomic E-state index is 0.192. The van der Waals surface area contributed by atoms with Crippen molar-refractivity contribution in [2.24, 2.45) is 5.92 Å². The van der Waals surface area contributed by atoms with E-state index in [4.69, 9.17) is 13.9 Å². The first-order valence-corrected chi connectivity index (χ1v) is 11.5. The number of rotatable bonds is 5. The fourth-order valence-electron chi connectivity index (χ4n) is 5.09. The van der Waals surface area contributed by atoms with Crippen LogP contribution in [0.25, 0.3) is 0 Å². The molecule has 0 saturated carbocycles. The number of amides is 1. The van der Waals surface area contributed by atoms with Gasteiger partial charge in [0.25, 0.3) is 0 Å². The third-order valence-corrected chi connectivity index (χ3v) is 6.94. The standard InChI is InChI=1S/C24H31N3O4/c1-18-2-4-21(31-18)16-25-8-6-20(7-9-25)24(28)27-12-10-26(11-13-27)15-19-3-5-22-23(14-19)30-17-29-22/h2-5,14,20H,6-13,15-17H2,1H3/p+2. The van der Waals surface area contributed by atoms with E-state index in [-0.39, 0.29) is 5.92 Å². The Morgan fingerprint density at radius 3 is 2.45 bits per heavy atom. The second-order valence-electron chi connectivity index (χ2n) is 9.15. The minimum Gasteiger partial charge on any atom is -0.460 e. The first-order chi connectivity index (χ1) is 15.1. The number of fused-ring (bicyclic) bond motifs is 1. The molecule has 1 aromatic carbocycles. The van der Waals surface area contributed by atoms with Crippen molar-refractivity contribution >= 4 is 5.91 Å². The summed E-state index contributed by atoms with van der Waals surface area (Å²) in [6, 6.07) is 10.3. The summed E-state index contributed by atoms with van der Waals surface area (Å²) in [6.07, 6.45) is 1.97. The number of benzene rings is 1. The predicted octanol–water partition coefficient (Wildman–Crippen LogP) is 0.0389. The maximum Gasteiger partial charge on any atom is 0.231 e. The molecule has 2 aromatic rings. The molecule has 0 unspecified atom stereocenters. The summed E-state index contributed by atoms with van der Waals surface area (Å²) < 4.78 is 16.6. The molecule has 7 nitrogen and oxygen atoms in total. The quantitative estimate of drug-likeness (QED) is 0.708. The van der Waals surface area contributed by atoms with Crippen molar-refractivity contribution in [2.45, 2.75) is 32.9 Å². The summed E-state index contributed by atoms with van der Waals surface area (Å²) in [6.45, 7) is 10.0. The van der Waals surface area contributed by atoms with Crippen molar-refractivity contribution in [3.8, 4) is 11.5 Å². The molecule has 3 aliphatic rings. The van der Waals surface area contributed by atoms with Gasteiger partial charge in [0.05, 0.1) is 39.3 Å². The Hall–Kier alpha value is -2.51. The van der Waals surface area contributed by atoms with Gasteiger partial charge >= 0.3 is 0 Å². The smallest absolute Gasteiger partial charge is 0.231 e. The predicted molar refractivity (Wildman–Crippen MR) is 114 cm³/mol. The van der Waals surface area contributed by atoms with Gasteiger partial charge in [0, 0.05) is 24.3 Å². The van der Waals surface area contributed by atoms with E-state index in [9.17, 15) is 4.79 Å². The molecule has 31 heavy (non-hydrogen) atoms. The molecule has 0 spiro atoms. The summed E-state index contributed by atoms with van der Waals surface area (Å²) in [5.41, 5.74) is 1.26. The molecule has 1 aromatic heterocycles. The number of hydrogen-bond acceptors (Lipinski definition) is 4. The largest absolute Gasteiger partial charge is 0.460 e. The van der Waals surface area contributed by atoms with Crippen LogP contribution < -0.4 is 19.3 Å². The van der Waals surface area contributed by atoms with Gasteiger partial charge in [-0.2, -0.15) is 0 Å². The second-order valence-corrected chi connectivity index (χ2v) is 9.15. The average Bonchev–Trinajstić information content (AvgIpc) is 3.42. The molecule has 4 heterocycles. The number of nitrogens with zero attached hydrogens (tertiary/aromatic N) is 1. The van der Waals surface area contributed by atoms with Crippen LogP contribution in [0.2, 0.25) is 0 Å². The van der Waals surface area contributed by atoms with E-state index < -0.39 is 0 Å². The van der Waals surface area contributed by atoms with Crippen LogP contribution in [-0.4, -0.2) is 56.9 Å². The van der Waals surface area contributed by atoms with Crippen LogP contribution in [0.3, 0.4) is 0 Å². The van der Waals surface area contributed by atoms with Crippen molar-refractivity contribution in [1.29, 1.82) is 0 Å². The highest BCUT2D eigenvalue weighted by atomic mass is 16.7. The molecule has 0 aliphatic carbocycles. The number of piperidine rings is 1. The van der Waals surface area contributed by atoms with E-state index in [0.717, 1.165) is 88.2 Å². The highest BCUT2D eigenvalue weighted by molar-refractivity contribution is 5.79. The molecular weight excluding hydrogens is 394 g/mol. The van der Waals surface area contributed by atoms with Crippen molar-refractivity contribution in [3.63, 3.8) is 0 Å². The van der Waals surface area contributed by atoms with Crippen LogP contribution >= 0.6 is 0 Å². The lowest BCUT2D eigenvalue weighted by molar-refractivity contribution is -0.920. The number of carbonyl (C=O) groups excluding carboxylic acids is 1. The zero-order valence-electron chi connectivity index (χ0n) is 18.3. The van der Waals surface area contributed by atoms with E-state index in [0.29, 0.717) is 12.7 Å². The molecule has 166 valence electrons. The summed E-state index contributed by atoms with van der Waals surface area (Å²) >= 11 is 0. The van der Waals surface area contributed by atoms with Crippen molar-refractivity contribution in [1.82, 2.24) is 4.90 Å². The van der Waals surface area contributed by atoms with Crippen molar-refractivity contribution in [3.05, 3.63) is 47.4 Å². The normalized spacial score (nSPS) is 23.8. The molecule has 0 atom stereocenters. The Labute approximate surface area is 183 Å². The lowest BCUT2D eigenvalue weighted by Gasteiger charge is -2.36. The molecule has 0 bridgehead atoms. The van der Waals surface area contributed by atoms with Gasteiger partial charge in [0.2, 0.25) is 12.7 Å². The monoisotopic (exact) mass is 427 g/mol. The molecule has 2 fully saturated rings. The topological polar surface area (TPSA) is 60.8 Å². The van der Waals surface area contributed by atoms with Gasteiger partial charge in [-0.25, -0.2) is 0 Å². The number of ether oxygens (including phenoxy) is 2. The Balaban J connectivity index is 1.06. The summed E-state index contributed by atoms with van der Waals surface area (Å²) in [4.78, 5) is 18.2. The second kappa shape index (κ2) is 8.93. The maximum absolute atomic E-state index is 13.1. The highest BCUT2D eigenvalue weighted by Crippen LogP contribution is 2.32. The molecule has 2 N–H and O–H groups in total. The number of hydrogen-bond donors (Lipinski definition) is 2. The van der Waals surface area contributed by atoms with E-state index in [1.165, 1.54) is 15.4 Å².